The van der Waals surface area contributed by atoms with E-state index >= 15 is 0 Å². The molecule has 1 aliphatic carbocycles. The maximum Gasteiger partial charge on any atom is 0.341 e. The molecule has 1 fully saturated rings. The second kappa shape index (κ2) is 6.58. The van der Waals surface area contributed by atoms with E-state index in [9.17, 15) is 9.59 Å². The van der Waals surface area contributed by atoms with Crippen LogP contribution in [-0.2, 0) is 9.59 Å². The lowest BCUT2D eigenvalue weighted by molar-refractivity contribution is -0.139. The van der Waals surface area contributed by atoms with E-state index in [2.05, 4.69) is 5.32 Å². The van der Waals surface area contributed by atoms with E-state index in [4.69, 9.17) is 15.6 Å². The molecule has 4 N–H and O–H groups in total. The fourth-order valence-corrected chi connectivity index (χ4v) is 2.47. The fourth-order valence-electron chi connectivity index (χ4n) is 2.47. The molecule has 1 aliphatic rings. The molecular formula is C15H20N2O4. The van der Waals surface area contributed by atoms with Crippen molar-refractivity contribution >= 4 is 17.6 Å². The van der Waals surface area contributed by atoms with Crippen molar-refractivity contribution in [3.8, 4) is 5.75 Å². The number of nitrogens with one attached hydrogen (secondary N) is 1. The summed E-state index contributed by atoms with van der Waals surface area (Å²) in [6.45, 7) is -0.418. The molecule has 6 heteroatoms. The van der Waals surface area contributed by atoms with E-state index in [1.807, 2.05) is 0 Å². The topological polar surface area (TPSA) is 102 Å². The second-order valence-corrected chi connectivity index (χ2v) is 5.38. The van der Waals surface area contributed by atoms with Gasteiger partial charge in [-0.15, -0.1) is 0 Å². The summed E-state index contributed by atoms with van der Waals surface area (Å²) in [6.07, 6.45) is 4.42. The Hall–Kier alpha value is -2.08. The smallest absolute Gasteiger partial charge is 0.341 e. The number of nitrogens with two attached hydrogens (primary N) is 1. The molecule has 0 aliphatic heterocycles. The van der Waals surface area contributed by atoms with E-state index in [-0.39, 0.29) is 5.91 Å². The van der Waals surface area contributed by atoms with Gasteiger partial charge in [-0.1, -0.05) is 25.3 Å². The molecule has 1 aromatic carbocycles. The largest absolute Gasteiger partial charge is 0.482 e. The van der Waals surface area contributed by atoms with Crippen LogP contribution in [0.3, 0.4) is 0 Å². The molecule has 0 bridgehead atoms. The van der Waals surface area contributed by atoms with Crippen molar-refractivity contribution in [3.63, 3.8) is 0 Å². The fraction of sp³-hybridized carbons (Fsp3) is 0.467. The lowest BCUT2D eigenvalue weighted by Crippen LogP contribution is -2.52. The van der Waals surface area contributed by atoms with Crippen molar-refractivity contribution in [2.45, 2.75) is 37.6 Å². The number of benzene rings is 1. The molecule has 1 aromatic rings. The number of hydrogen-bond acceptors (Lipinski definition) is 4. The predicted molar refractivity (Wildman–Crippen MR) is 78.2 cm³/mol. The Kier molecular flexibility index (Phi) is 4.80. The number of ether oxygens (including phenoxy) is 1. The molecule has 6 nitrogen and oxygen atoms in total. The van der Waals surface area contributed by atoms with E-state index in [1.165, 1.54) is 0 Å². The van der Waals surface area contributed by atoms with Gasteiger partial charge in [0, 0.05) is 11.8 Å². The van der Waals surface area contributed by atoms with Gasteiger partial charge >= 0.3 is 5.97 Å². The van der Waals surface area contributed by atoms with Crippen molar-refractivity contribution in [1.29, 1.82) is 0 Å². The van der Waals surface area contributed by atoms with Crippen LogP contribution in [0.2, 0.25) is 0 Å². The number of carbonyl (C=O) groups is 2. The summed E-state index contributed by atoms with van der Waals surface area (Å²) in [5.74, 6) is -0.852. The van der Waals surface area contributed by atoms with Crippen LogP contribution < -0.4 is 15.8 Å². The zero-order chi connectivity index (χ0) is 15.3. The third kappa shape index (κ3) is 4.19. The Bertz CT molecular complexity index is 524. The monoisotopic (exact) mass is 292 g/mol. The highest BCUT2D eigenvalue weighted by molar-refractivity contribution is 5.98. The van der Waals surface area contributed by atoms with E-state index in [0.717, 1.165) is 19.3 Å². The minimum atomic E-state index is -1.05. The van der Waals surface area contributed by atoms with Crippen LogP contribution in [-0.4, -0.2) is 29.1 Å². The van der Waals surface area contributed by atoms with Crippen molar-refractivity contribution in [1.82, 2.24) is 0 Å². The van der Waals surface area contributed by atoms with Gasteiger partial charge in [-0.05, 0) is 25.0 Å². The Morgan fingerprint density at radius 3 is 2.67 bits per heavy atom. The molecular weight excluding hydrogens is 272 g/mol. The molecule has 0 radical (unpaired) electrons. The zero-order valence-electron chi connectivity index (χ0n) is 11.8. The Balaban J connectivity index is 2.00. The van der Waals surface area contributed by atoms with Crippen molar-refractivity contribution in [2.24, 2.45) is 5.73 Å². The first-order valence-electron chi connectivity index (χ1n) is 7.05. The molecule has 0 unspecified atom stereocenters. The first-order valence-corrected chi connectivity index (χ1v) is 7.05. The highest BCUT2D eigenvalue weighted by Gasteiger charge is 2.35. The molecule has 0 aromatic heterocycles. The summed E-state index contributed by atoms with van der Waals surface area (Å²) in [4.78, 5) is 22.8. The van der Waals surface area contributed by atoms with Crippen LogP contribution in [0.5, 0.6) is 5.75 Å². The maximum atomic E-state index is 12.3. The summed E-state index contributed by atoms with van der Waals surface area (Å²) >= 11 is 0. The lowest BCUT2D eigenvalue weighted by atomic mass is 9.82. The van der Waals surface area contributed by atoms with Crippen LogP contribution in [0.25, 0.3) is 0 Å². The van der Waals surface area contributed by atoms with Gasteiger partial charge in [-0.2, -0.15) is 0 Å². The van der Waals surface area contributed by atoms with Crippen molar-refractivity contribution in [2.75, 3.05) is 11.9 Å². The summed E-state index contributed by atoms with van der Waals surface area (Å²) in [5, 5.41) is 11.4. The first-order chi connectivity index (χ1) is 9.99. The third-order valence-corrected chi connectivity index (χ3v) is 3.65. The minimum Gasteiger partial charge on any atom is -0.482 e. The summed E-state index contributed by atoms with van der Waals surface area (Å²) < 4.78 is 5.08. The quantitative estimate of drug-likeness (QED) is 0.767. The molecule has 114 valence electrons. The summed E-state index contributed by atoms with van der Waals surface area (Å²) in [7, 11) is 0. The van der Waals surface area contributed by atoms with Gasteiger partial charge in [0.15, 0.2) is 6.61 Å². The maximum absolute atomic E-state index is 12.3. The SMILES string of the molecule is NC1(C(=O)Nc2cccc(OCC(=O)O)c2)CCCCC1. The van der Waals surface area contributed by atoms with Gasteiger partial charge in [0.2, 0.25) is 5.91 Å². The molecule has 1 amide bonds. The average molecular weight is 292 g/mol. The van der Waals surface area contributed by atoms with Gasteiger partial charge in [-0.25, -0.2) is 4.79 Å². The molecule has 1 saturated carbocycles. The first kappa shape index (κ1) is 15.3. The molecule has 0 atom stereocenters. The molecule has 0 heterocycles. The molecule has 0 saturated heterocycles. The average Bonchev–Trinajstić information content (AvgIpc) is 2.46. The number of aliphatic carboxylic acids is 1. The van der Waals surface area contributed by atoms with Crippen LogP contribution in [0.15, 0.2) is 24.3 Å². The van der Waals surface area contributed by atoms with Crippen LogP contribution in [0.4, 0.5) is 5.69 Å². The number of amides is 1. The van der Waals surface area contributed by atoms with Crippen molar-refractivity contribution < 1.29 is 19.4 Å². The molecule has 21 heavy (non-hydrogen) atoms. The highest BCUT2D eigenvalue weighted by Crippen LogP contribution is 2.27. The number of carbonyl (C=O) groups excluding carboxylic acids is 1. The van der Waals surface area contributed by atoms with Gasteiger partial charge < -0.3 is 20.9 Å². The summed E-state index contributed by atoms with van der Waals surface area (Å²) in [5.41, 5.74) is 5.91. The standard InChI is InChI=1S/C15H20N2O4/c16-15(7-2-1-3-8-15)14(20)17-11-5-4-6-12(9-11)21-10-13(18)19/h4-6,9H,1-3,7-8,10,16H2,(H,17,20)(H,18,19). The zero-order valence-corrected chi connectivity index (χ0v) is 11.8. The van der Waals surface area contributed by atoms with Gasteiger partial charge in [-0.3, -0.25) is 4.79 Å². The van der Waals surface area contributed by atoms with E-state index in [0.29, 0.717) is 24.3 Å². The van der Waals surface area contributed by atoms with Crippen molar-refractivity contribution in [3.05, 3.63) is 24.3 Å². The number of carboxylic acid groups (broad SMARTS) is 1. The molecule has 2 rings (SSSR count). The number of carboxylic acids is 1. The Labute approximate surface area is 123 Å². The normalized spacial score (nSPS) is 17.0. The van der Waals surface area contributed by atoms with E-state index in [1.54, 1.807) is 24.3 Å². The van der Waals surface area contributed by atoms with Gasteiger partial charge in [0.25, 0.3) is 0 Å². The van der Waals surface area contributed by atoms with Gasteiger partial charge in [0.1, 0.15) is 5.75 Å². The number of anilines is 1. The van der Waals surface area contributed by atoms with E-state index < -0.39 is 18.1 Å². The lowest BCUT2D eigenvalue weighted by Gasteiger charge is -2.31. The number of hydrogen-bond donors (Lipinski definition) is 3. The summed E-state index contributed by atoms with van der Waals surface area (Å²) in [6, 6.07) is 6.64. The third-order valence-electron chi connectivity index (χ3n) is 3.65. The highest BCUT2D eigenvalue weighted by atomic mass is 16.5. The van der Waals surface area contributed by atoms with Crippen LogP contribution >= 0.6 is 0 Å². The second-order valence-electron chi connectivity index (χ2n) is 5.38. The van der Waals surface area contributed by atoms with Crippen LogP contribution in [0, 0.1) is 0 Å². The molecule has 0 spiro atoms. The minimum absolute atomic E-state index is 0.197. The predicted octanol–water partition coefficient (Wildman–Crippen LogP) is 1.75. The van der Waals surface area contributed by atoms with Gasteiger partial charge in [0.05, 0.1) is 5.54 Å². The Morgan fingerprint density at radius 2 is 2.00 bits per heavy atom. The van der Waals surface area contributed by atoms with Crippen LogP contribution in [0.1, 0.15) is 32.1 Å². The Morgan fingerprint density at radius 1 is 1.29 bits per heavy atom. The number of rotatable bonds is 5.